The van der Waals surface area contributed by atoms with Crippen LogP contribution in [-0.2, 0) is 0 Å². The molecule has 5 heteroatoms. The quantitative estimate of drug-likeness (QED) is 0.764. The van der Waals surface area contributed by atoms with Gasteiger partial charge in [-0.2, -0.15) is 0 Å². The number of anilines is 2. The van der Waals surface area contributed by atoms with E-state index in [0.717, 1.165) is 50.5 Å². The van der Waals surface area contributed by atoms with Gasteiger partial charge in [0.25, 0.3) is 0 Å². The zero-order chi connectivity index (χ0) is 13.7. The molecular weight excluding hydrogens is 240 g/mol. The Morgan fingerprint density at radius 3 is 2.89 bits per heavy atom. The van der Waals surface area contributed by atoms with Gasteiger partial charge in [0.1, 0.15) is 0 Å². The van der Waals surface area contributed by atoms with Crippen LogP contribution in [0.4, 0.5) is 16.2 Å². The highest BCUT2D eigenvalue weighted by Crippen LogP contribution is 2.17. The summed E-state index contributed by atoms with van der Waals surface area (Å²) in [7, 11) is 0. The van der Waals surface area contributed by atoms with Gasteiger partial charge in [-0.25, -0.2) is 4.79 Å². The second kappa shape index (κ2) is 6.31. The molecule has 0 radical (unpaired) electrons. The van der Waals surface area contributed by atoms with E-state index in [0.29, 0.717) is 0 Å². The summed E-state index contributed by atoms with van der Waals surface area (Å²) in [6.45, 7) is 6.27. The molecule has 0 bridgehead atoms. The van der Waals surface area contributed by atoms with Crippen LogP contribution in [0.5, 0.6) is 0 Å². The molecule has 2 amide bonds. The second-order valence-corrected chi connectivity index (χ2v) is 4.80. The number of nitrogens with two attached hydrogens (primary N) is 1. The maximum absolute atomic E-state index is 11.5. The summed E-state index contributed by atoms with van der Waals surface area (Å²) in [5.74, 6) is 0. The summed E-state index contributed by atoms with van der Waals surface area (Å²) in [6.07, 6.45) is 1.07. The zero-order valence-electron chi connectivity index (χ0n) is 11.4. The van der Waals surface area contributed by atoms with Gasteiger partial charge >= 0.3 is 6.03 Å². The molecule has 0 spiro atoms. The maximum atomic E-state index is 11.5. The molecule has 1 aliphatic heterocycles. The van der Waals surface area contributed by atoms with Crippen LogP contribution in [0.25, 0.3) is 0 Å². The van der Waals surface area contributed by atoms with E-state index in [9.17, 15) is 4.79 Å². The highest BCUT2D eigenvalue weighted by molar-refractivity contribution is 5.76. The lowest BCUT2D eigenvalue weighted by Gasteiger charge is -2.27. The van der Waals surface area contributed by atoms with Crippen LogP contribution in [0.15, 0.2) is 24.3 Å². The molecule has 0 saturated carbocycles. The number of carbonyl (C=O) groups excluding carboxylic acids is 1. The molecule has 1 aromatic rings. The summed E-state index contributed by atoms with van der Waals surface area (Å²) in [5, 5.41) is 2.82. The number of benzene rings is 1. The number of hydrogen-bond donors (Lipinski definition) is 2. The summed E-state index contributed by atoms with van der Waals surface area (Å²) >= 11 is 0. The molecule has 1 heterocycles. The Bertz CT molecular complexity index is 435. The van der Waals surface area contributed by atoms with E-state index in [1.807, 2.05) is 23.1 Å². The van der Waals surface area contributed by atoms with Gasteiger partial charge in [-0.3, -0.25) is 0 Å². The lowest BCUT2D eigenvalue weighted by molar-refractivity contribution is 0.218. The predicted molar refractivity (Wildman–Crippen MR) is 78.3 cm³/mol. The lowest BCUT2D eigenvalue weighted by Crippen LogP contribution is -2.37. The van der Waals surface area contributed by atoms with Crippen LogP contribution in [0.1, 0.15) is 13.3 Å². The first kappa shape index (κ1) is 13.5. The van der Waals surface area contributed by atoms with Crippen LogP contribution in [0, 0.1) is 0 Å². The number of nitrogens with one attached hydrogen (secondary N) is 1. The number of nitrogen functional groups attached to an aromatic ring is 1. The molecule has 19 heavy (non-hydrogen) atoms. The molecule has 0 atom stereocenters. The first-order chi connectivity index (χ1) is 9.20. The Morgan fingerprint density at radius 2 is 2.26 bits per heavy atom. The minimum atomic E-state index is 0.0454. The van der Waals surface area contributed by atoms with Gasteiger partial charge in [0.05, 0.1) is 0 Å². The van der Waals surface area contributed by atoms with Gasteiger partial charge in [0, 0.05) is 44.1 Å². The second-order valence-electron chi connectivity index (χ2n) is 4.80. The largest absolute Gasteiger partial charge is 0.399 e. The van der Waals surface area contributed by atoms with Crippen LogP contribution in [0.2, 0.25) is 0 Å². The van der Waals surface area contributed by atoms with Crippen LogP contribution in [-0.4, -0.2) is 43.7 Å². The molecule has 104 valence electrons. The minimum Gasteiger partial charge on any atom is -0.399 e. The van der Waals surface area contributed by atoms with E-state index in [1.54, 1.807) is 0 Å². The monoisotopic (exact) mass is 262 g/mol. The van der Waals surface area contributed by atoms with Crippen molar-refractivity contribution in [2.75, 3.05) is 43.4 Å². The van der Waals surface area contributed by atoms with Gasteiger partial charge in [-0.1, -0.05) is 13.0 Å². The molecule has 0 aliphatic carbocycles. The number of hydrogen-bond acceptors (Lipinski definition) is 3. The molecule has 5 nitrogen and oxygen atoms in total. The topological polar surface area (TPSA) is 61.6 Å². The minimum absolute atomic E-state index is 0.0454. The summed E-state index contributed by atoms with van der Waals surface area (Å²) < 4.78 is 0. The normalized spacial score (nSPS) is 14.6. The first-order valence-electron chi connectivity index (χ1n) is 6.84. The standard InChI is InChI=1S/C14H22N4O/c1-2-7-17(13-5-3-4-12(15)11-13)9-10-18-8-6-16-14(18)19/h3-5,11H,2,6-10,15H2,1H3,(H,16,19). The van der Waals surface area contributed by atoms with Gasteiger partial charge in [0.15, 0.2) is 0 Å². The Kier molecular flexibility index (Phi) is 4.49. The number of urea groups is 1. The van der Waals surface area contributed by atoms with E-state index >= 15 is 0 Å². The van der Waals surface area contributed by atoms with Crippen molar-refractivity contribution < 1.29 is 4.79 Å². The van der Waals surface area contributed by atoms with Crippen molar-refractivity contribution in [1.29, 1.82) is 0 Å². The first-order valence-corrected chi connectivity index (χ1v) is 6.84. The van der Waals surface area contributed by atoms with Crippen LogP contribution in [0.3, 0.4) is 0 Å². The van der Waals surface area contributed by atoms with Crippen LogP contribution >= 0.6 is 0 Å². The van der Waals surface area contributed by atoms with Crippen molar-refractivity contribution in [3.63, 3.8) is 0 Å². The molecule has 3 N–H and O–H groups in total. The maximum Gasteiger partial charge on any atom is 0.317 e. The van der Waals surface area contributed by atoms with Crippen molar-refractivity contribution >= 4 is 17.4 Å². The highest BCUT2D eigenvalue weighted by Gasteiger charge is 2.19. The molecule has 1 aliphatic rings. The van der Waals surface area contributed by atoms with Crippen molar-refractivity contribution in [1.82, 2.24) is 10.2 Å². The third-order valence-corrected chi connectivity index (χ3v) is 3.31. The summed E-state index contributed by atoms with van der Waals surface area (Å²) in [6, 6.07) is 7.96. The molecule has 1 fully saturated rings. The average Bonchev–Trinajstić information content (AvgIpc) is 2.80. The fraction of sp³-hybridized carbons (Fsp3) is 0.500. The zero-order valence-corrected chi connectivity index (χ0v) is 11.4. The van der Waals surface area contributed by atoms with Gasteiger partial charge in [-0.05, 0) is 24.6 Å². The van der Waals surface area contributed by atoms with Gasteiger partial charge in [0.2, 0.25) is 0 Å². The number of amides is 2. The molecular formula is C14H22N4O. The summed E-state index contributed by atoms with van der Waals surface area (Å²) in [4.78, 5) is 15.6. The van der Waals surface area contributed by atoms with Crippen molar-refractivity contribution in [2.24, 2.45) is 0 Å². The highest BCUT2D eigenvalue weighted by atomic mass is 16.2. The number of carbonyl (C=O) groups is 1. The smallest absolute Gasteiger partial charge is 0.317 e. The molecule has 2 rings (SSSR count). The third-order valence-electron chi connectivity index (χ3n) is 3.31. The van der Waals surface area contributed by atoms with E-state index < -0.39 is 0 Å². The van der Waals surface area contributed by atoms with E-state index in [1.165, 1.54) is 0 Å². The summed E-state index contributed by atoms with van der Waals surface area (Å²) in [5.41, 5.74) is 7.73. The molecule has 1 saturated heterocycles. The lowest BCUT2D eigenvalue weighted by atomic mass is 10.2. The number of rotatable bonds is 6. The Morgan fingerprint density at radius 1 is 1.42 bits per heavy atom. The fourth-order valence-electron chi connectivity index (χ4n) is 2.33. The van der Waals surface area contributed by atoms with E-state index in [2.05, 4.69) is 23.2 Å². The fourth-order valence-corrected chi connectivity index (χ4v) is 2.33. The molecule has 0 unspecified atom stereocenters. The number of nitrogens with zero attached hydrogens (tertiary/aromatic N) is 2. The Balaban J connectivity index is 1.97. The Labute approximate surface area is 114 Å². The van der Waals surface area contributed by atoms with Crippen molar-refractivity contribution in [3.05, 3.63) is 24.3 Å². The van der Waals surface area contributed by atoms with Crippen LogP contribution < -0.4 is 16.0 Å². The predicted octanol–water partition coefficient (Wildman–Crippen LogP) is 1.51. The van der Waals surface area contributed by atoms with Gasteiger partial charge in [-0.15, -0.1) is 0 Å². The SMILES string of the molecule is CCCN(CCN1CCNC1=O)c1cccc(N)c1. The van der Waals surface area contributed by atoms with Crippen molar-refractivity contribution in [3.8, 4) is 0 Å². The van der Waals surface area contributed by atoms with E-state index in [-0.39, 0.29) is 6.03 Å². The van der Waals surface area contributed by atoms with Crippen molar-refractivity contribution in [2.45, 2.75) is 13.3 Å². The van der Waals surface area contributed by atoms with Gasteiger partial charge < -0.3 is 20.9 Å². The average molecular weight is 262 g/mol. The molecule has 1 aromatic carbocycles. The molecule has 0 aromatic heterocycles. The third kappa shape index (κ3) is 3.53. The Hall–Kier alpha value is -1.91. The van der Waals surface area contributed by atoms with E-state index in [4.69, 9.17) is 5.73 Å².